The second-order valence-corrected chi connectivity index (χ2v) is 7.42. The molecule has 0 aliphatic rings. The lowest BCUT2D eigenvalue weighted by Gasteiger charge is -2.22. The van der Waals surface area contributed by atoms with Crippen LogP contribution in [0.5, 0.6) is 0 Å². The number of amides is 2. The Hall–Kier alpha value is -2.70. The zero-order valence-electron chi connectivity index (χ0n) is 17.7. The lowest BCUT2D eigenvalue weighted by atomic mass is 10.1. The van der Waals surface area contributed by atoms with Crippen LogP contribution >= 0.6 is 0 Å². The third-order valence-electron chi connectivity index (χ3n) is 4.86. The fourth-order valence-electron chi connectivity index (χ4n) is 3.30. The van der Waals surface area contributed by atoms with Crippen molar-refractivity contribution >= 4 is 23.2 Å². The van der Waals surface area contributed by atoms with Crippen LogP contribution < -0.4 is 10.6 Å². The molecule has 0 saturated carbocycles. The van der Waals surface area contributed by atoms with Gasteiger partial charge in [0.1, 0.15) is 0 Å². The highest BCUT2D eigenvalue weighted by atomic mass is 16.3. The van der Waals surface area contributed by atoms with E-state index in [1.807, 2.05) is 64.1 Å². The third-order valence-corrected chi connectivity index (χ3v) is 4.86. The van der Waals surface area contributed by atoms with E-state index in [-0.39, 0.29) is 31.5 Å². The summed E-state index contributed by atoms with van der Waals surface area (Å²) in [5, 5.41) is 15.1. The van der Waals surface area contributed by atoms with E-state index in [1.165, 1.54) is 0 Å². The van der Waals surface area contributed by atoms with Gasteiger partial charge in [-0.15, -0.1) is 0 Å². The fourth-order valence-corrected chi connectivity index (χ4v) is 3.30. The van der Waals surface area contributed by atoms with E-state index in [1.54, 1.807) is 4.90 Å². The first-order chi connectivity index (χ1) is 13.8. The van der Waals surface area contributed by atoms with E-state index >= 15 is 0 Å². The van der Waals surface area contributed by atoms with Gasteiger partial charge in [0.25, 0.3) is 0 Å². The van der Waals surface area contributed by atoms with Crippen molar-refractivity contribution in [3.05, 3.63) is 58.7 Å². The van der Waals surface area contributed by atoms with Gasteiger partial charge in [-0.1, -0.05) is 36.4 Å². The summed E-state index contributed by atoms with van der Waals surface area (Å²) < 4.78 is 0. The van der Waals surface area contributed by atoms with E-state index in [4.69, 9.17) is 0 Å². The molecule has 0 aliphatic heterocycles. The number of rotatable bonds is 9. The Balaban J connectivity index is 2.02. The first-order valence-corrected chi connectivity index (χ1v) is 9.87. The maximum atomic E-state index is 12.6. The SMILES string of the molecule is Cc1cccc(C)c1NC(=O)CN(CCCO)CC(=O)Nc1c(C)cccc1C. The van der Waals surface area contributed by atoms with Crippen LogP contribution in [0, 0.1) is 27.7 Å². The zero-order valence-corrected chi connectivity index (χ0v) is 17.7. The van der Waals surface area contributed by atoms with Crippen molar-refractivity contribution in [2.45, 2.75) is 34.1 Å². The molecule has 0 aromatic heterocycles. The normalized spacial score (nSPS) is 10.8. The topological polar surface area (TPSA) is 81.7 Å². The number of carbonyl (C=O) groups is 2. The lowest BCUT2D eigenvalue weighted by Crippen LogP contribution is -2.40. The van der Waals surface area contributed by atoms with Crippen molar-refractivity contribution in [2.75, 3.05) is 36.9 Å². The first-order valence-electron chi connectivity index (χ1n) is 9.87. The Bertz CT molecular complexity index is 756. The summed E-state index contributed by atoms with van der Waals surface area (Å²) in [5.41, 5.74) is 5.58. The van der Waals surface area contributed by atoms with Gasteiger partial charge >= 0.3 is 0 Å². The monoisotopic (exact) mass is 397 g/mol. The molecule has 156 valence electrons. The second-order valence-electron chi connectivity index (χ2n) is 7.42. The second kappa shape index (κ2) is 10.7. The average molecular weight is 398 g/mol. The van der Waals surface area contributed by atoms with Crippen molar-refractivity contribution in [3.63, 3.8) is 0 Å². The summed E-state index contributed by atoms with van der Waals surface area (Å²) in [7, 11) is 0. The first kappa shape index (κ1) is 22.6. The maximum Gasteiger partial charge on any atom is 0.238 e. The molecule has 0 saturated heterocycles. The third kappa shape index (κ3) is 6.69. The van der Waals surface area contributed by atoms with Crippen molar-refractivity contribution in [2.24, 2.45) is 0 Å². The summed E-state index contributed by atoms with van der Waals surface area (Å²) in [6.07, 6.45) is 0.493. The molecule has 0 fully saturated rings. The van der Waals surface area contributed by atoms with Crippen LogP contribution in [-0.2, 0) is 9.59 Å². The van der Waals surface area contributed by atoms with Gasteiger partial charge < -0.3 is 15.7 Å². The van der Waals surface area contributed by atoms with E-state index in [2.05, 4.69) is 10.6 Å². The smallest absolute Gasteiger partial charge is 0.238 e. The lowest BCUT2D eigenvalue weighted by molar-refractivity contribution is -0.120. The van der Waals surface area contributed by atoms with Crippen molar-refractivity contribution in [3.8, 4) is 0 Å². The standard InChI is InChI=1S/C23H31N3O3/c1-16-8-5-9-17(2)22(16)24-20(28)14-26(12-7-13-27)15-21(29)25-23-18(3)10-6-11-19(23)4/h5-6,8-11,27H,7,12-15H2,1-4H3,(H,24,28)(H,25,29). The van der Waals surface area contributed by atoms with Gasteiger partial charge in [-0.2, -0.15) is 0 Å². The average Bonchev–Trinajstić information content (AvgIpc) is 2.66. The Morgan fingerprint density at radius 1 is 0.793 bits per heavy atom. The minimum atomic E-state index is -0.180. The van der Waals surface area contributed by atoms with Crippen LogP contribution in [0.25, 0.3) is 0 Å². The van der Waals surface area contributed by atoms with Crippen molar-refractivity contribution < 1.29 is 14.7 Å². The fraction of sp³-hybridized carbons (Fsp3) is 0.391. The predicted molar refractivity (Wildman–Crippen MR) is 117 cm³/mol. The van der Waals surface area contributed by atoms with Crippen LogP contribution in [0.4, 0.5) is 11.4 Å². The molecule has 0 radical (unpaired) electrons. The molecule has 0 unspecified atom stereocenters. The Morgan fingerprint density at radius 2 is 1.17 bits per heavy atom. The molecule has 0 aliphatic carbocycles. The summed E-state index contributed by atoms with van der Waals surface area (Å²) in [6, 6.07) is 11.7. The van der Waals surface area contributed by atoms with Gasteiger partial charge in [-0.3, -0.25) is 14.5 Å². The van der Waals surface area contributed by atoms with E-state index < -0.39 is 0 Å². The predicted octanol–water partition coefficient (Wildman–Crippen LogP) is 3.18. The molecule has 6 heteroatoms. The molecular formula is C23H31N3O3. The van der Waals surface area contributed by atoms with Crippen molar-refractivity contribution in [1.82, 2.24) is 4.90 Å². The van der Waals surface area contributed by atoms with Gasteiger partial charge in [-0.25, -0.2) is 0 Å². The number of aryl methyl sites for hydroxylation is 4. The summed E-state index contributed by atoms with van der Waals surface area (Å²) in [6.45, 7) is 8.41. The molecule has 0 heterocycles. The number of aliphatic hydroxyl groups is 1. The van der Waals surface area contributed by atoms with Crippen molar-refractivity contribution in [1.29, 1.82) is 0 Å². The molecule has 29 heavy (non-hydrogen) atoms. The zero-order chi connectivity index (χ0) is 21.4. The molecule has 2 amide bonds. The number of para-hydroxylation sites is 2. The molecular weight excluding hydrogens is 366 g/mol. The van der Waals surface area contributed by atoms with Gasteiger partial charge in [-0.05, 0) is 56.4 Å². The van der Waals surface area contributed by atoms with E-state index in [0.29, 0.717) is 13.0 Å². The molecule has 0 spiro atoms. The molecule has 0 atom stereocenters. The summed E-state index contributed by atoms with van der Waals surface area (Å²) in [4.78, 5) is 26.9. The maximum absolute atomic E-state index is 12.6. The Labute approximate surface area is 172 Å². The minimum absolute atomic E-state index is 0.00748. The van der Waals surface area contributed by atoms with Crippen LogP contribution in [0.2, 0.25) is 0 Å². The highest BCUT2D eigenvalue weighted by molar-refractivity contribution is 5.96. The molecule has 0 bridgehead atoms. The number of hydrogen-bond acceptors (Lipinski definition) is 4. The number of nitrogens with zero attached hydrogens (tertiary/aromatic N) is 1. The molecule has 2 aromatic rings. The number of benzene rings is 2. The summed E-state index contributed by atoms with van der Waals surface area (Å²) >= 11 is 0. The number of anilines is 2. The Morgan fingerprint density at radius 3 is 1.52 bits per heavy atom. The van der Waals surface area contributed by atoms with Crippen LogP contribution in [-0.4, -0.2) is 48.1 Å². The van der Waals surface area contributed by atoms with E-state index in [0.717, 1.165) is 33.6 Å². The van der Waals surface area contributed by atoms with E-state index in [9.17, 15) is 14.7 Å². The van der Waals surface area contributed by atoms with Gasteiger partial charge in [0, 0.05) is 24.5 Å². The number of aliphatic hydroxyl groups excluding tert-OH is 1. The quantitative estimate of drug-likeness (QED) is 0.607. The number of carbonyl (C=O) groups excluding carboxylic acids is 2. The van der Waals surface area contributed by atoms with Gasteiger partial charge in [0.2, 0.25) is 11.8 Å². The minimum Gasteiger partial charge on any atom is -0.396 e. The van der Waals surface area contributed by atoms with Gasteiger partial charge in [0.05, 0.1) is 13.1 Å². The largest absolute Gasteiger partial charge is 0.396 e. The number of nitrogens with one attached hydrogen (secondary N) is 2. The molecule has 3 N–H and O–H groups in total. The Kier molecular flexibility index (Phi) is 8.36. The molecule has 2 rings (SSSR count). The highest BCUT2D eigenvalue weighted by Crippen LogP contribution is 2.20. The highest BCUT2D eigenvalue weighted by Gasteiger charge is 2.17. The molecule has 6 nitrogen and oxygen atoms in total. The number of hydrogen-bond donors (Lipinski definition) is 3. The van der Waals surface area contributed by atoms with Crippen LogP contribution in [0.1, 0.15) is 28.7 Å². The van der Waals surface area contributed by atoms with Gasteiger partial charge in [0.15, 0.2) is 0 Å². The van der Waals surface area contributed by atoms with Crippen LogP contribution in [0.3, 0.4) is 0 Å². The van der Waals surface area contributed by atoms with Crippen LogP contribution in [0.15, 0.2) is 36.4 Å². The molecule has 2 aromatic carbocycles. The summed E-state index contributed by atoms with van der Waals surface area (Å²) in [5.74, 6) is -0.361.